The van der Waals surface area contributed by atoms with Gasteiger partial charge in [-0.3, -0.25) is 9.78 Å². The van der Waals surface area contributed by atoms with Gasteiger partial charge in [0.2, 0.25) is 0 Å². The Hall–Kier alpha value is -1.48. The molecule has 0 aliphatic carbocycles. The minimum absolute atomic E-state index is 0.0120. The fourth-order valence-electron chi connectivity index (χ4n) is 1.47. The molecule has 1 aromatic carbocycles. The van der Waals surface area contributed by atoms with Crippen molar-refractivity contribution < 1.29 is 4.79 Å². The second-order valence-corrected chi connectivity index (χ2v) is 4.40. The minimum atomic E-state index is 0.0120. The van der Waals surface area contributed by atoms with E-state index in [0.717, 1.165) is 10.0 Å². The average molecular weight is 276 g/mol. The zero-order valence-corrected chi connectivity index (χ0v) is 10.4. The lowest BCUT2D eigenvalue weighted by atomic mass is 10.0. The fraction of sp³-hybridized carbons (Fsp3) is 0.0769. The second-order valence-electron chi connectivity index (χ2n) is 3.55. The highest BCUT2D eigenvalue weighted by Crippen LogP contribution is 2.21. The molecule has 0 amide bonds. The molecule has 2 aromatic rings. The van der Waals surface area contributed by atoms with Crippen molar-refractivity contribution in [2.75, 3.05) is 0 Å². The summed E-state index contributed by atoms with van der Waals surface area (Å²) in [6, 6.07) is 9.18. The number of carbonyl (C=O) groups is 1. The molecule has 0 saturated carbocycles. The Morgan fingerprint density at radius 2 is 1.88 bits per heavy atom. The molecule has 2 nitrogen and oxygen atoms in total. The first-order chi connectivity index (χ1) is 7.68. The number of aromatic nitrogens is 1. The number of hydrogen-bond acceptors (Lipinski definition) is 2. The van der Waals surface area contributed by atoms with Crippen LogP contribution in [-0.4, -0.2) is 10.8 Å². The molecule has 2 rings (SSSR count). The van der Waals surface area contributed by atoms with Gasteiger partial charge in [0.15, 0.2) is 5.78 Å². The third-order valence-corrected chi connectivity index (χ3v) is 3.00. The van der Waals surface area contributed by atoms with Crippen LogP contribution in [0.2, 0.25) is 0 Å². The van der Waals surface area contributed by atoms with Crippen molar-refractivity contribution in [1.82, 2.24) is 4.98 Å². The van der Waals surface area contributed by atoms with E-state index >= 15 is 0 Å². The summed E-state index contributed by atoms with van der Waals surface area (Å²) in [4.78, 5) is 16.1. The summed E-state index contributed by atoms with van der Waals surface area (Å²) in [5, 5.41) is 0. The third-order valence-electron chi connectivity index (χ3n) is 2.31. The van der Waals surface area contributed by atoms with Crippen LogP contribution in [0, 0.1) is 6.92 Å². The molecule has 3 heteroatoms. The molecule has 0 unspecified atom stereocenters. The standard InChI is InChI=1S/C13H10BrNO/c1-9-2-3-12(14)11(8-9)13(16)10-4-6-15-7-5-10/h2-8H,1H3. The van der Waals surface area contributed by atoms with Crippen molar-refractivity contribution in [2.24, 2.45) is 0 Å². The molecule has 0 bridgehead atoms. The van der Waals surface area contributed by atoms with Crippen LogP contribution in [-0.2, 0) is 0 Å². The van der Waals surface area contributed by atoms with Crippen molar-refractivity contribution in [2.45, 2.75) is 6.92 Å². The van der Waals surface area contributed by atoms with Crippen molar-refractivity contribution in [3.63, 3.8) is 0 Å². The monoisotopic (exact) mass is 275 g/mol. The number of halogens is 1. The predicted molar refractivity (Wildman–Crippen MR) is 66.5 cm³/mol. The molecule has 0 N–H and O–H groups in total. The Morgan fingerprint density at radius 1 is 1.19 bits per heavy atom. The number of carbonyl (C=O) groups excluding carboxylic acids is 1. The number of aryl methyl sites for hydroxylation is 1. The Morgan fingerprint density at radius 3 is 2.56 bits per heavy atom. The van der Waals surface area contributed by atoms with E-state index in [9.17, 15) is 4.79 Å². The van der Waals surface area contributed by atoms with Gasteiger partial charge >= 0.3 is 0 Å². The molecule has 0 radical (unpaired) electrons. The van der Waals surface area contributed by atoms with Crippen LogP contribution in [0.15, 0.2) is 47.2 Å². The largest absolute Gasteiger partial charge is 0.289 e. The fourth-order valence-corrected chi connectivity index (χ4v) is 1.90. The summed E-state index contributed by atoms with van der Waals surface area (Å²) in [6.07, 6.45) is 3.24. The summed E-state index contributed by atoms with van der Waals surface area (Å²) < 4.78 is 0.819. The molecule has 0 atom stereocenters. The highest BCUT2D eigenvalue weighted by molar-refractivity contribution is 9.10. The number of pyridine rings is 1. The molecule has 0 aliphatic heterocycles. The number of hydrogen-bond donors (Lipinski definition) is 0. The summed E-state index contributed by atoms with van der Waals surface area (Å²) >= 11 is 3.39. The number of benzene rings is 1. The Kier molecular flexibility index (Phi) is 3.15. The third kappa shape index (κ3) is 2.19. The lowest BCUT2D eigenvalue weighted by Gasteiger charge is -2.04. The molecule has 1 heterocycles. The lowest BCUT2D eigenvalue weighted by Crippen LogP contribution is -2.02. The van der Waals surface area contributed by atoms with Gasteiger partial charge in [-0.2, -0.15) is 0 Å². The van der Waals surface area contributed by atoms with E-state index in [2.05, 4.69) is 20.9 Å². The summed E-state index contributed by atoms with van der Waals surface area (Å²) in [5.74, 6) is 0.0120. The van der Waals surface area contributed by atoms with Gasteiger partial charge in [-0.1, -0.05) is 27.6 Å². The number of nitrogens with zero attached hydrogens (tertiary/aromatic N) is 1. The highest BCUT2D eigenvalue weighted by atomic mass is 79.9. The predicted octanol–water partition coefficient (Wildman–Crippen LogP) is 3.38. The molecular weight excluding hydrogens is 266 g/mol. The maximum Gasteiger partial charge on any atom is 0.194 e. The van der Waals surface area contributed by atoms with E-state index in [4.69, 9.17) is 0 Å². The summed E-state index contributed by atoms with van der Waals surface area (Å²) in [6.45, 7) is 1.97. The van der Waals surface area contributed by atoms with E-state index in [1.165, 1.54) is 0 Å². The molecule has 1 aromatic heterocycles. The SMILES string of the molecule is Cc1ccc(Br)c(C(=O)c2ccncc2)c1. The van der Waals surface area contributed by atoms with Crippen molar-refractivity contribution in [3.05, 3.63) is 63.9 Å². The van der Waals surface area contributed by atoms with Crippen molar-refractivity contribution in [1.29, 1.82) is 0 Å². The highest BCUT2D eigenvalue weighted by Gasteiger charge is 2.12. The average Bonchev–Trinajstić information content (AvgIpc) is 2.32. The summed E-state index contributed by atoms with van der Waals surface area (Å²) in [7, 11) is 0. The van der Waals surface area contributed by atoms with Gasteiger partial charge in [0.05, 0.1) is 0 Å². The molecule has 0 aliphatic rings. The van der Waals surface area contributed by atoms with E-state index < -0.39 is 0 Å². The van der Waals surface area contributed by atoms with Gasteiger partial charge in [-0.05, 0) is 31.2 Å². The number of rotatable bonds is 2. The van der Waals surface area contributed by atoms with Crippen LogP contribution in [0.25, 0.3) is 0 Å². The smallest absolute Gasteiger partial charge is 0.194 e. The van der Waals surface area contributed by atoms with E-state index in [1.807, 2.05) is 25.1 Å². The molecule has 16 heavy (non-hydrogen) atoms. The van der Waals surface area contributed by atoms with E-state index in [0.29, 0.717) is 11.1 Å². The molecule has 0 saturated heterocycles. The van der Waals surface area contributed by atoms with E-state index in [-0.39, 0.29) is 5.78 Å². The van der Waals surface area contributed by atoms with Gasteiger partial charge in [-0.15, -0.1) is 0 Å². The van der Waals surface area contributed by atoms with Gasteiger partial charge in [0, 0.05) is 28.0 Å². The van der Waals surface area contributed by atoms with Gasteiger partial charge in [-0.25, -0.2) is 0 Å². The quantitative estimate of drug-likeness (QED) is 0.787. The first kappa shape index (κ1) is 11.0. The second kappa shape index (κ2) is 4.58. The van der Waals surface area contributed by atoms with Crippen LogP contribution in [0.3, 0.4) is 0 Å². The maximum absolute atomic E-state index is 12.2. The topological polar surface area (TPSA) is 30.0 Å². The first-order valence-electron chi connectivity index (χ1n) is 4.89. The van der Waals surface area contributed by atoms with Crippen molar-refractivity contribution >= 4 is 21.7 Å². The van der Waals surface area contributed by atoms with Crippen LogP contribution in [0.1, 0.15) is 21.5 Å². The van der Waals surface area contributed by atoms with Crippen molar-refractivity contribution in [3.8, 4) is 0 Å². The van der Waals surface area contributed by atoms with Crippen LogP contribution >= 0.6 is 15.9 Å². The number of ketones is 1. The van der Waals surface area contributed by atoms with Crippen LogP contribution in [0.4, 0.5) is 0 Å². The molecule has 80 valence electrons. The summed E-state index contributed by atoms with van der Waals surface area (Å²) in [5.41, 5.74) is 2.41. The molecule has 0 fully saturated rings. The van der Waals surface area contributed by atoms with Gasteiger partial charge in [0.25, 0.3) is 0 Å². The van der Waals surface area contributed by atoms with Gasteiger partial charge in [0.1, 0.15) is 0 Å². The lowest BCUT2D eigenvalue weighted by molar-refractivity contribution is 0.103. The first-order valence-corrected chi connectivity index (χ1v) is 5.68. The zero-order chi connectivity index (χ0) is 11.5. The Labute approximate surface area is 102 Å². The maximum atomic E-state index is 12.2. The van der Waals surface area contributed by atoms with Crippen LogP contribution in [0.5, 0.6) is 0 Å². The minimum Gasteiger partial charge on any atom is -0.289 e. The Balaban J connectivity index is 2.46. The zero-order valence-electron chi connectivity index (χ0n) is 8.77. The molecular formula is C13H10BrNO. The molecule has 0 spiro atoms. The van der Waals surface area contributed by atoms with E-state index in [1.54, 1.807) is 24.5 Å². The Bertz CT molecular complexity index is 523. The normalized spacial score (nSPS) is 10.1. The van der Waals surface area contributed by atoms with Crippen LogP contribution < -0.4 is 0 Å². The van der Waals surface area contributed by atoms with Gasteiger partial charge < -0.3 is 0 Å².